The molecule has 14 heavy (non-hydrogen) atoms. The van der Waals surface area contributed by atoms with Gasteiger partial charge in [-0.25, -0.2) is 0 Å². The van der Waals surface area contributed by atoms with Crippen molar-refractivity contribution in [1.82, 2.24) is 0 Å². The minimum atomic E-state index is 0.827. The van der Waals surface area contributed by atoms with Crippen molar-refractivity contribution in [2.75, 3.05) is 18.6 Å². The van der Waals surface area contributed by atoms with E-state index in [4.69, 9.17) is 4.74 Å². The van der Waals surface area contributed by atoms with E-state index in [-0.39, 0.29) is 0 Å². The summed E-state index contributed by atoms with van der Waals surface area (Å²) in [6.07, 6.45) is 4.32. The summed E-state index contributed by atoms with van der Waals surface area (Å²) in [5.74, 6) is 2.18. The molecule has 0 aliphatic heterocycles. The van der Waals surface area contributed by atoms with E-state index >= 15 is 0 Å². The third kappa shape index (κ3) is 4.05. The molecule has 1 nitrogen and oxygen atoms in total. The summed E-state index contributed by atoms with van der Waals surface area (Å²) in [6, 6.07) is 8.34. The monoisotopic (exact) mass is 210 g/mol. The summed E-state index contributed by atoms with van der Waals surface area (Å²) in [6.45, 7) is 2.99. The van der Waals surface area contributed by atoms with Crippen molar-refractivity contribution in [2.24, 2.45) is 0 Å². The fourth-order valence-electron chi connectivity index (χ4n) is 1.25. The maximum atomic E-state index is 5.64. The van der Waals surface area contributed by atoms with Crippen LogP contribution in [0.15, 0.2) is 24.3 Å². The molecule has 0 unspecified atom stereocenters. The predicted molar refractivity (Wildman–Crippen MR) is 64.3 cm³/mol. The highest BCUT2D eigenvalue weighted by Crippen LogP contribution is 2.13. The Morgan fingerprint density at radius 2 is 2.21 bits per heavy atom. The van der Waals surface area contributed by atoms with Gasteiger partial charge in [-0.15, -0.1) is 0 Å². The van der Waals surface area contributed by atoms with Gasteiger partial charge in [0.05, 0.1) is 6.61 Å². The molecule has 0 fully saturated rings. The normalized spacial score (nSPS) is 10.1. The zero-order valence-corrected chi connectivity index (χ0v) is 9.77. The molecule has 2 heteroatoms. The van der Waals surface area contributed by atoms with Crippen LogP contribution in [0.4, 0.5) is 0 Å². The lowest BCUT2D eigenvalue weighted by Gasteiger charge is -2.06. The van der Waals surface area contributed by atoms with Crippen molar-refractivity contribution in [1.29, 1.82) is 0 Å². The number of hydrogen-bond donors (Lipinski definition) is 0. The molecule has 0 aliphatic rings. The molecule has 1 aromatic rings. The van der Waals surface area contributed by atoms with Crippen LogP contribution in [0.3, 0.4) is 0 Å². The van der Waals surface area contributed by atoms with Gasteiger partial charge in [0.2, 0.25) is 0 Å². The van der Waals surface area contributed by atoms with E-state index in [1.165, 1.54) is 11.3 Å². The second-order valence-electron chi connectivity index (χ2n) is 3.20. The minimum absolute atomic E-state index is 0.827. The molecule has 0 amide bonds. The van der Waals surface area contributed by atoms with E-state index < -0.39 is 0 Å². The minimum Gasteiger partial charge on any atom is -0.494 e. The Balaban J connectivity index is 2.34. The van der Waals surface area contributed by atoms with Crippen LogP contribution in [0, 0.1) is 0 Å². The van der Waals surface area contributed by atoms with Gasteiger partial charge in [-0.1, -0.05) is 19.1 Å². The van der Waals surface area contributed by atoms with Crippen LogP contribution in [0.2, 0.25) is 0 Å². The third-order valence-electron chi connectivity index (χ3n) is 2.07. The lowest BCUT2D eigenvalue weighted by molar-refractivity contribution is 0.318. The maximum absolute atomic E-state index is 5.64. The first-order valence-corrected chi connectivity index (χ1v) is 6.47. The molecular weight excluding hydrogens is 192 g/mol. The summed E-state index contributed by atoms with van der Waals surface area (Å²) in [4.78, 5) is 0. The van der Waals surface area contributed by atoms with Crippen LogP contribution in [0.1, 0.15) is 18.9 Å². The van der Waals surface area contributed by atoms with E-state index in [2.05, 4.69) is 31.4 Å². The maximum Gasteiger partial charge on any atom is 0.119 e. The molecule has 0 atom stereocenters. The predicted octanol–water partition coefficient (Wildman–Crippen LogP) is 3.38. The number of benzene rings is 1. The average Bonchev–Trinajstić information content (AvgIpc) is 2.25. The molecule has 0 heterocycles. The fourth-order valence-corrected chi connectivity index (χ4v) is 1.66. The van der Waals surface area contributed by atoms with E-state index in [9.17, 15) is 0 Å². The molecule has 0 aromatic heterocycles. The Morgan fingerprint density at radius 3 is 2.93 bits per heavy atom. The lowest BCUT2D eigenvalue weighted by atomic mass is 10.2. The molecule has 0 saturated heterocycles. The average molecular weight is 210 g/mol. The van der Waals surface area contributed by atoms with Crippen molar-refractivity contribution < 1.29 is 4.74 Å². The summed E-state index contributed by atoms with van der Waals surface area (Å²) in [5, 5.41) is 0. The highest BCUT2D eigenvalue weighted by molar-refractivity contribution is 7.98. The zero-order chi connectivity index (χ0) is 10.2. The molecule has 0 spiro atoms. The number of ether oxygens (including phenoxy) is 1. The van der Waals surface area contributed by atoms with Gasteiger partial charge in [0.15, 0.2) is 0 Å². The van der Waals surface area contributed by atoms with Crippen LogP contribution in [-0.4, -0.2) is 18.6 Å². The van der Waals surface area contributed by atoms with Crippen molar-refractivity contribution in [2.45, 2.75) is 19.8 Å². The molecule has 0 aliphatic carbocycles. The smallest absolute Gasteiger partial charge is 0.119 e. The van der Waals surface area contributed by atoms with Gasteiger partial charge in [-0.3, -0.25) is 0 Å². The Hall–Kier alpha value is -0.630. The van der Waals surface area contributed by atoms with Crippen LogP contribution in [0.5, 0.6) is 5.75 Å². The van der Waals surface area contributed by atoms with Crippen molar-refractivity contribution >= 4 is 11.8 Å². The first-order valence-electron chi connectivity index (χ1n) is 5.07. The van der Waals surface area contributed by atoms with Gasteiger partial charge in [0.25, 0.3) is 0 Å². The quantitative estimate of drug-likeness (QED) is 0.666. The van der Waals surface area contributed by atoms with Crippen molar-refractivity contribution in [3.8, 4) is 5.75 Å². The Morgan fingerprint density at radius 1 is 1.36 bits per heavy atom. The molecule has 78 valence electrons. The third-order valence-corrected chi connectivity index (χ3v) is 2.77. The molecular formula is C12H18OS. The topological polar surface area (TPSA) is 9.23 Å². The van der Waals surface area contributed by atoms with Crippen LogP contribution >= 0.6 is 11.8 Å². The summed E-state index contributed by atoms with van der Waals surface area (Å²) in [5.41, 5.74) is 1.34. The van der Waals surface area contributed by atoms with E-state index in [1.807, 2.05) is 17.8 Å². The summed E-state index contributed by atoms with van der Waals surface area (Å²) in [7, 11) is 0. The SMILES string of the molecule is CCc1cccc(OCCCSC)c1. The van der Waals surface area contributed by atoms with Crippen LogP contribution < -0.4 is 4.74 Å². The Bertz CT molecular complexity index is 260. The largest absolute Gasteiger partial charge is 0.494 e. The van der Waals surface area contributed by atoms with Crippen molar-refractivity contribution in [3.05, 3.63) is 29.8 Å². The zero-order valence-electron chi connectivity index (χ0n) is 8.95. The first-order chi connectivity index (χ1) is 6.86. The van der Waals surface area contributed by atoms with Gasteiger partial charge in [-0.05, 0) is 42.5 Å². The number of hydrogen-bond acceptors (Lipinski definition) is 2. The fraction of sp³-hybridized carbons (Fsp3) is 0.500. The molecule has 0 bridgehead atoms. The second kappa shape index (κ2) is 6.77. The molecule has 0 saturated carbocycles. The first kappa shape index (κ1) is 11.4. The van der Waals surface area contributed by atoms with Gasteiger partial charge in [0.1, 0.15) is 5.75 Å². The standard InChI is InChI=1S/C12H18OS/c1-3-11-6-4-7-12(10-11)13-8-5-9-14-2/h4,6-7,10H,3,5,8-9H2,1-2H3. The molecule has 1 aromatic carbocycles. The Labute approximate surface area is 90.9 Å². The van der Waals surface area contributed by atoms with E-state index in [1.54, 1.807) is 0 Å². The number of rotatable bonds is 6. The van der Waals surface area contributed by atoms with Crippen LogP contribution in [0.25, 0.3) is 0 Å². The van der Waals surface area contributed by atoms with Gasteiger partial charge >= 0.3 is 0 Å². The van der Waals surface area contributed by atoms with Gasteiger partial charge in [-0.2, -0.15) is 11.8 Å². The molecule has 0 radical (unpaired) electrons. The number of thioether (sulfide) groups is 1. The summed E-state index contributed by atoms with van der Waals surface area (Å²) >= 11 is 1.86. The number of aryl methyl sites for hydroxylation is 1. The van der Waals surface area contributed by atoms with Crippen molar-refractivity contribution in [3.63, 3.8) is 0 Å². The van der Waals surface area contributed by atoms with Gasteiger partial charge < -0.3 is 4.74 Å². The second-order valence-corrected chi connectivity index (χ2v) is 4.18. The Kier molecular flexibility index (Phi) is 5.53. The highest BCUT2D eigenvalue weighted by atomic mass is 32.2. The van der Waals surface area contributed by atoms with Gasteiger partial charge in [0, 0.05) is 0 Å². The lowest BCUT2D eigenvalue weighted by Crippen LogP contribution is -1.98. The summed E-state index contributed by atoms with van der Waals surface area (Å²) < 4.78 is 5.64. The molecule has 0 N–H and O–H groups in total. The molecule has 1 rings (SSSR count). The van der Waals surface area contributed by atoms with Crippen LogP contribution in [-0.2, 0) is 6.42 Å². The highest BCUT2D eigenvalue weighted by Gasteiger charge is 1.94. The van der Waals surface area contributed by atoms with E-state index in [0.29, 0.717) is 0 Å². The van der Waals surface area contributed by atoms with E-state index in [0.717, 1.165) is 25.2 Å².